The minimum absolute atomic E-state index is 0.00525. The van der Waals surface area contributed by atoms with Crippen molar-refractivity contribution in [2.75, 3.05) is 6.61 Å². The van der Waals surface area contributed by atoms with Crippen molar-refractivity contribution < 1.29 is 23.9 Å². The molecule has 1 heterocycles. The van der Waals surface area contributed by atoms with E-state index in [1.165, 1.54) is 6.20 Å². The van der Waals surface area contributed by atoms with E-state index in [9.17, 15) is 14.4 Å². The molecule has 0 radical (unpaired) electrons. The number of carbonyl (C=O) groups is 3. The molecule has 10 heteroatoms. The van der Waals surface area contributed by atoms with Crippen molar-refractivity contribution in [3.05, 3.63) is 17.8 Å². The highest BCUT2D eigenvalue weighted by Crippen LogP contribution is 2.57. The Kier molecular flexibility index (Phi) is 7.81. The van der Waals surface area contributed by atoms with Gasteiger partial charge in [0.25, 0.3) is 5.91 Å². The summed E-state index contributed by atoms with van der Waals surface area (Å²) >= 11 is 0. The minimum Gasteiger partial charge on any atom is -0.477 e. The molecule has 10 nitrogen and oxygen atoms in total. The van der Waals surface area contributed by atoms with Crippen LogP contribution in [-0.4, -0.2) is 51.5 Å². The lowest BCUT2D eigenvalue weighted by Crippen LogP contribution is -2.63. The fourth-order valence-corrected chi connectivity index (χ4v) is 6.52. The molecule has 210 valence electrons. The maximum atomic E-state index is 13.6. The molecule has 5 rings (SSSR count). The molecule has 1 aromatic rings. The average Bonchev–Trinajstić information content (AvgIpc) is 3.20. The van der Waals surface area contributed by atoms with E-state index in [4.69, 9.17) is 15.2 Å². The normalized spacial score (nSPS) is 28.2. The van der Waals surface area contributed by atoms with E-state index in [0.717, 1.165) is 32.1 Å². The SMILES string of the molecule is CC(C)COc1c(C(=O)NC2C3CC4CC2CC(OC(N)=O)(C4)C3)cnn1/C=C/C(C)(C)NC(=O)C(C)C. The third-order valence-electron chi connectivity index (χ3n) is 7.98. The fourth-order valence-electron chi connectivity index (χ4n) is 6.52. The van der Waals surface area contributed by atoms with Gasteiger partial charge in [0.05, 0.1) is 18.3 Å². The van der Waals surface area contributed by atoms with Gasteiger partial charge in [-0.15, -0.1) is 0 Å². The molecule has 4 N–H and O–H groups in total. The van der Waals surface area contributed by atoms with E-state index < -0.39 is 17.2 Å². The zero-order chi connectivity index (χ0) is 27.8. The van der Waals surface area contributed by atoms with Gasteiger partial charge in [-0.1, -0.05) is 27.7 Å². The number of hydrogen-bond acceptors (Lipinski definition) is 6. The standard InChI is InChI=1S/C28H43N5O5/c1-16(2)15-37-25-21(14-30-33(25)8-7-27(5,6)32-23(34)17(3)4)24(35)31-22-19-9-18-10-20(22)13-28(11-18,12-19)38-26(29)36/h7-8,14,16-20,22H,9-13,15H2,1-6H3,(H2,29,36)(H,31,35)(H,32,34)/b8-7+. The molecular weight excluding hydrogens is 486 g/mol. The van der Waals surface area contributed by atoms with Crippen molar-refractivity contribution in [3.8, 4) is 5.88 Å². The van der Waals surface area contributed by atoms with Gasteiger partial charge in [0.2, 0.25) is 11.8 Å². The van der Waals surface area contributed by atoms with Crippen LogP contribution in [0.4, 0.5) is 4.79 Å². The quantitative estimate of drug-likeness (QED) is 0.422. The molecule has 0 aliphatic heterocycles. The topological polar surface area (TPSA) is 138 Å². The third kappa shape index (κ3) is 6.15. The molecule has 2 atom stereocenters. The summed E-state index contributed by atoms with van der Waals surface area (Å²) in [6, 6.07) is 0.00525. The predicted octanol–water partition coefficient (Wildman–Crippen LogP) is 3.71. The molecule has 4 saturated carbocycles. The van der Waals surface area contributed by atoms with Crippen molar-refractivity contribution in [2.45, 2.75) is 90.8 Å². The molecule has 4 bridgehead atoms. The highest BCUT2D eigenvalue weighted by molar-refractivity contribution is 5.96. The van der Waals surface area contributed by atoms with Crippen molar-refractivity contribution in [3.63, 3.8) is 0 Å². The lowest BCUT2D eigenvalue weighted by atomic mass is 9.52. The van der Waals surface area contributed by atoms with Gasteiger partial charge in [-0.25, -0.2) is 9.48 Å². The Morgan fingerprint density at radius 1 is 1.18 bits per heavy atom. The molecule has 0 aromatic carbocycles. The second-order valence-electron chi connectivity index (χ2n) is 12.8. The van der Waals surface area contributed by atoms with Crippen LogP contribution >= 0.6 is 0 Å². The van der Waals surface area contributed by atoms with Crippen molar-refractivity contribution >= 4 is 24.1 Å². The van der Waals surface area contributed by atoms with Crippen LogP contribution in [0.15, 0.2) is 12.3 Å². The van der Waals surface area contributed by atoms with Crippen LogP contribution in [0.25, 0.3) is 6.20 Å². The summed E-state index contributed by atoms with van der Waals surface area (Å²) in [6.45, 7) is 12.0. The number of hydrogen-bond donors (Lipinski definition) is 3. The molecule has 1 aromatic heterocycles. The predicted molar refractivity (Wildman–Crippen MR) is 143 cm³/mol. The first-order chi connectivity index (χ1) is 17.8. The van der Waals surface area contributed by atoms with Crippen LogP contribution in [0.1, 0.15) is 84.0 Å². The Morgan fingerprint density at radius 3 is 2.42 bits per heavy atom. The van der Waals surface area contributed by atoms with Gasteiger partial charge in [-0.2, -0.15) is 5.10 Å². The third-order valence-corrected chi connectivity index (χ3v) is 7.98. The zero-order valence-corrected chi connectivity index (χ0v) is 23.5. The van der Waals surface area contributed by atoms with E-state index in [0.29, 0.717) is 24.0 Å². The van der Waals surface area contributed by atoms with Gasteiger partial charge in [-0.3, -0.25) is 9.59 Å². The summed E-state index contributed by atoms with van der Waals surface area (Å²) in [5.74, 6) is 1.21. The van der Waals surface area contributed by atoms with Gasteiger partial charge < -0.3 is 25.8 Å². The molecule has 0 spiro atoms. The lowest BCUT2D eigenvalue weighted by Gasteiger charge is -2.58. The molecule has 3 amide bonds. The van der Waals surface area contributed by atoms with E-state index in [2.05, 4.69) is 15.7 Å². The van der Waals surface area contributed by atoms with E-state index >= 15 is 0 Å². The van der Waals surface area contributed by atoms with E-state index in [1.807, 2.05) is 47.6 Å². The second kappa shape index (κ2) is 10.6. The van der Waals surface area contributed by atoms with Gasteiger partial charge >= 0.3 is 6.09 Å². The Labute approximate surface area is 225 Å². The largest absolute Gasteiger partial charge is 0.477 e. The lowest BCUT2D eigenvalue weighted by molar-refractivity contribution is -0.137. The fraction of sp³-hybridized carbons (Fsp3) is 0.714. The first-order valence-corrected chi connectivity index (χ1v) is 13.8. The van der Waals surface area contributed by atoms with Crippen molar-refractivity contribution in [2.24, 2.45) is 35.3 Å². The monoisotopic (exact) mass is 529 g/mol. The number of primary amides is 1. The van der Waals surface area contributed by atoms with Crippen LogP contribution in [0.3, 0.4) is 0 Å². The van der Waals surface area contributed by atoms with Crippen LogP contribution in [0.2, 0.25) is 0 Å². The minimum atomic E-state index is -0.716. The number of nitrogens with zero attached hydrogens (tertiary/aromatic N) is 2. The number of carbonyl (C=O) groups excluding carboxylic acids is 3. The van der Waals surface area contributed by atoms with E-state index in [-0.39, 0.29) is 41.5 Å². The van der Waals surface area contributed by atoms with Crippen molar-refractivity contribution in [1.82, 2.24) is 20.4 Å². The first-order valence-electron chi connectivity index (χ1n) is 13.8. The summed E-state index contributed by atoms with van der Waals surface area (Å²) in [6.07, 6.45) is 8.72. The van der Waals surface area contributed by atoms with Crippen LogP contribution in [0.5, 0.6) is 5.88 Å². The second-order valence-corrected chi connectivity index (χ2v) is 12.8. The number of aromatic nitrogens is 2. The summed E-state index contributed by atoms with van der Waals surface area (Å²) in [5, 5.41) is 10.7. The van der Waals surface area contributed by atoms with Crippen LogP contribution in [0, 0.1) is 29.6 Å². The van der Waals surface area contributed by atoms with Crippen LogP contribution < -0.4 is 21.1 Å². The number of ether oxygens (including phenoxy) is 2. The highest BCUT2D eigenvalue weighted by Gasteiger charge is 2.57. The maximum Gasteiger partial charge on any atom is 0.405 e. The molecule has 4 fully saturated rings. The molecular formula is C28H43N5O5. The van der Waals surface area contributed by atoms with Gasteiger partial charge in [-0.05, 0) is 75.7 Å². The maximum absolute atomic E-state index is 13.6. The molecule has 38 heavy (non-hydrogen) atoms. The Morgan fingerprint density at radius 2 is 1.84 bits per heavy atom. The number of amides is 3. The first kappa shape index (κ1) is 28.0. The smallest absolute Gasteiger partial charge is 0.405 e. The molecule has 4 aliphatic carbocycles. The Bertz CT molecular complexity index is 1080. The number of nitrogens with two attached hydrogens (primary N) is 1. The van der Waals surface area contributed by atoms with E-state index in [1.54, 1.807) is 10.9 Å². The molecule has 0 saturated heterocycles. The molecule has 2 unspecified atom stereocenters. The summed E-state index contributed by atoms with van der Waals surface area (Å²) in [5.41, 5.74) is 4.65. The summed E-state index contributed by atoms with van der Waals surface area (Å²) < 4.78 is 13.2. The van der Waals surface area contributed by atoms with Gasteiger partial charge in [0.15, 0.2) is 0 Å². The van der Waals surface area contributed by atoms with Gasteiger partial charge in [0, 0.05) is 18.2 Å². The Hall–Kier alpha value is -3.04. The van der Waals surface area contributed by atoms with Gasteiger partial charge in [0.1, 0.15) is 11.2 Å². The van der Waals surface area contributed by atoms with Crippen molar-refractivity contribution in [1.29, 1.82) is 0 Å². The Balaban J connectivity index is 1.51. The average molecular weight is 530 g/mol. The number of rotatable bonds is 10. The summed E-state index contributed by atoms with van der Waals surface area (Å²) in [7, 11) is 0. The summed E-state index contributed by atoms with van der Waals surface area (Å²) in [4.78, 5) is 37.3. The number of nitrogens with one attached hydrogen (secondary N) is 2. The highest BCUT2D eigenvalue weighted by atomic mass is 16.6. The molecule has 4 aliphatic rings. The van der Waals surface area contributed by atoms with Crippen LogP contribution in [-0.2, 0) is 9.53 Å². The zero-order valence-electron chi connectivity index (χ0n) is 23.5.